The Morgan fingerprint density at radius 1 is 1.29 bits per heavy atom. The van der Waals surface area contributed by atoms with Gasteiger partial charge in [0.15, 0.2) is 0 Å². The summed E-state index contributed by atoms with van der Waals surface area (Å²) in [5.74, 6) is 0.156. The highest BCUT2D eigenvalue weighted by Crippen LogP contribution is 2.28. The molecule has 0 aliphatic rings. The SMILES string of the molecule is CCCNC(C)c1csc(-c2ccc(OC(F)F)cc2)n1. The number of aromatic nitrogens is 1. The van der Waals surface area contributed by atoms with Gasteiger partial charge in [0, 0.05) is 17.0 Å². The number of rotatable bonds is 7. The second-order valence-corrected chi connectivity index (χ2v) is 5.51. The van der Waals surface area contributed by atoms with Gasteiger partial charge in [-0.1, -0.05) is 6.92 Å². The van der Waals surface area contributed by atoms with Crippen molar-refractivity contribution in [3.8, 4) is 16.3 Å². The van der Waals surface area contributed by atoms with Gasteiger partial charge in [0.25, 0.3) is 0 Å². The lowest BCUT2D eigenvalue weighted by Crippen LogP contribution is -2.19. The Labute approximate surface area is 127 Å². The number of nitrogens with one attached hydrogen (secondary N) is 1. The van der Waals surface area contributed by atoms with E-state index in [2.05, 4.69) is 28.9 Å². The number of benzene rings is 1. The topological polar surface area (TPSA) is 34.1 Å². The molecule has 2 rings (SSSR count). The number of nitrogens with zero attached hydrogens (tertiary/aromatic N) is 1. The predicted octanol–water partition coefficient (Wildman–Crippen LogP) is 4.47. The molecule has 0 saturated heterocycles. The van der Waals surface area contributed by atoms with Crippen LogP contribution in [0.2, 0.25) is 0 Å². The number of hydrogen-bond donors (Lipinski definition) is 1. The minimum Gasteiger partial charge on any atom is -0.435 e. The Balaban J connectivity index is 2.06. The van der Waals surface area contributed by atoms with Crippen molar-refractivity contribution in [3.63, 3.8) is 0 Å². The standard InChI is InChI=1S/C15H18F2N2OS/c1-3-8-18-10(2)13-9-21-14(19-13)11-4-6-12(7-5-11)20-15(16)17/h4-7,9-10,15,18H,3,8H2,1-2H3. The molecule has 1 aromatic heterocycles. The van der Waals surface area contributed by atoms with Crippen molar-refractivity contribution in [2.45, 2.75) is 32.9 Å². The molecule has 21 heavy (non-hydrogen) atoms. The van der Waals surface area contributed by atoms with Crippen LogP contribution < -0.4 is 10.1 Å². The van der Waals surface area contributed by atoms with Crippen LogP contribution in [0.4, 0.5) is 8.78 Å². The molecule has 0 amide bonds. The van der Waals surface area contributed by atoms with E-state index in [1.807, 2.05) is 5.38 Å². The Morgan fingerprint density at radius 3 is 2.62 bits per heavy atom. The summed E-state index contributed by atoms with van der Waals surface area (Å²) in [6.07, 6.45) is 1.08. The number of halogens is 2. The second-order valence-electron chi connectivity index (χ2n) is 4.66. The number of hydrogen-bond acceptors (Lipinski definition) is 4. The van der Waals surface area contributed by atoms with Crippen molar-refractivity contribution in [1.82, 2.24) is 10.3 Å². The van der Waals surface area contributed by atoms with E-state index in [1.165, 1.54) is 12.1 Å². The van der Waals surface area contributed by atoms with E-state index in [-0.39, 0.29) is 11.8 Å². The number of alkyl halides is 2. The summed E-state index contributed by atoms with van der Waals surface area (Å²) in [7, 11) is 0. The molecule has 0 bridgehead atoms. The maximum atomic E-state index is 12.1. The fraction of sp³-hybridized carbons (Fsp3) is 0.400. The van der Waals surface area contributed by atoms with E-state index in [4.69, 9.17) is 0 Å². The first-order valence-electron chi connectivity index (χ1n) is 6.84. The molecular weight excluding hydrogens is 294 g/mol. The van der Waals surface area contributed by atoms with Crippen molar-refractivity contribution >= 4 is 11.3 Å². The molecule has 1 N–H and O–H groups in total. The van der Waals surface area contributed by atoms with Gasteiger partial charge in [-0.2, -0.15) is 8.78 Å². The highest BCUT2D eigenvalue weighted by atomic mass is 32.1. The summed E-state index contributed by atoms with van der Waals surface area (Å²) in [5.41, 5.74) is 1.90. The van der Waals surface area contributed by atoms with E-state index >= 15 is 0 Å². The fourth-order valence-corrected chi connectivity index (χ4v) is 2.78. The van der Waals surface area contributed by atoms with Crippen molar-refractivity contribution in [3.05, 3.63) is 35.3 Å². The molecule has 0 aliphatic heterocycles. The van der Waals surface area contributed by atoms with E-state index in [0.717, 1.165) is 29.2 Å². The van der Waals surface area contributed by atoms with Crippen LogP contribution in [0.5, 0.6) is 5.75 Å². The van der Waals surface area contributed by atoms with Gasteiger partial charge < -0.3 is 10.1 Å². The first-order valence-corrected chi connectivity index (χ1v) is 7.72. The molecule has 1 aromatic carbocycles. The molecule has 0 spiro atoms. The molecule has 1 heterocycles. The smallest absolute Gasteiger partial charge is 0.387 e. The van der Waals surface area contributed by atoms with Crippen LogP contribution in [0, 0.1) is 0 Å². The van der Waals surface area contributed by atoms with Gasteiger partial charge in [-0.25, -0.2) is 4.98 Å². The lowest BCUT2D eigenvalue weighted by atomic mass is 10.2. The fourth-order valence-electron chi connectivity index (χ4n) is 1.86. The highest BCUT2D eigenvalue weighted by Gasteiger charge is 2.11. The van der Waals surface area contributed by atoms with E-state index in [0.29, 0.717) is 0 Å². The minimum absolute atomic E-state index is 0.156. The summed E-state index contributed by atoms with van der Waals surface area (Å²) >= 11 is 1.54. The maximum absolute atomic E-state index is 12.1. The van der Waals surface area contributed by atoms with Crippen LogP contribution in [0.3, 0.4) is 0 Å². The molecule has 1 unspecified atom stereocenters. The second kappa shape index (κ2) is 7.47. The first kappa shape index (κ1) is 15.9. The summed E-state index contributed by atoms with van der Waals surface area (Å²) in [4.78, 5) is 4.59. The third kappa shape index (κ3) is 4.47. The van der Waals surface area contributed by atoms with Gasteiger partial charge >= 0.3 is 6.61 Å². The zero-order valence-electron chi connectivity index (χ0n) is 12.0. The maximum Gasteiger partial charge on any atom is 0.387 e. The molecule has 2 aromatic rings. The lowest BCUT2D eigenvalue weighted by Gasteiger charge is -2.09. The zero-order chi connectivity index (χ0) is 15.2. The van der Waals surface area contributed by atoms with Crippen LogP contribution in [0.15, 0.2) is 29.6 Å². The van der Waals surface area contributed by atoms with Gasteiger partial charge in [-0.05, 0) is 44.2 Å². The van der Waals surface area contributed by atoms with Gasteiger partial charge in [-0.3, -0.25) is 0 Å². The molecule has 0 saturated carbocycles. The van der Waals surface area contributed by atoms with Gasteiger partial charge in [0.1, 0.15) is 10.8 Å². The average Bonchev–Trinajstić information content (AvgIpc) is 2.95. The van der Waals surface area contributed by atoms with Crippen LogP contribution in [0.1, 0.15) is 32.0 Å². The van der Waals surface area contributed by atoms with Crippen molar-refractivity contribution < 1.29 is 13.5 Å². The molecule has 3 nitrogen and oxygen atoms in total. The molecule has 0 radical (unpaired) electrons. The Hall–Kier alpha value is -1.53. The molecule has 1 atom stereocenters. The van der Waals surface area contributed by atoms with E-state index < -0.39 is 6.61 Å². The molecule has 6 heteroatoms. The van der Waals surface area contributed by atoms with Crippen LogP contribution in [-0.4, -0.2) is 18.1 Å². The largest absolute Gasteiger partial charge is 0.435 e. The average molecular weight is 312 g/mol. The van der Waals surface area contributed by atoms with Crippen LogP contribution in [0.25, 0.3) is 10.6 Å². The van der Waals surface area contributed by atoms with Crippen LogP contribution >= 0.6 is 11.3 Å². The van der Waals surface area contributed by atoms with Gasteiger partial charge in [0.05, 0.1) is 5.69 Å². The van der Waals surface area contributed by atoms with Crippen molar-refractivity contribution in [1.29, 1.82) is 0 Å². The Bertz CT molecular complexity index is 557. The Morgan fingerprint density at radius 2 is 2.00 bits per heavy atom. The minimum atomic E-state index is -2.80. The first-order chi connectivity index (χ1) is 10.1. The molecule has 0 aliphatic carbocycles. The van der Waals surface area contributed by atoms with Gasteiger partial charge in [-0.15, -0.1) is 11.3 Å². The zero-order valence-corrected chi connectivity index (χ0v) is 12.8. The quantitative estimate of drug-likeness (QED) is 0.819. The monoisotopic (exact) mass is 312 g/mol. The molecule has 0 fully saturated rings. The van der Waals surface area contributed by atoms with Gasteiger partial charge in [0.2, 0.25) is 0 Å². The van der Waals surface area contributed by atoms with E-state index in [9.17, 15) is 8.78 Å². The number of thiazole rings is 1. The van der Waals surface area contributed by atoms with Crippen molar-refractivity contribution in [2.75, 3.05) is 6.54 Å². The lowest BCUT2D eigenvalue weighted by molar-refractivity contribution is -0.0498. The van der Waals surface area contributed by atoms with Crippen molar-refractivity contribution in [2.24, 2.45) is 0 Å². The number of ether oxygens (including phenoxy) is 1. The summed E-state index contributed by atoms with van der Waals surface area (Å²) in [5, 5.41) is 6.28. The van der Waals surface area contributed by atoms with E-state index in [1.54, 1.807) is 23.5 Å². The third-order valence-electron chi connectivity index (χ3n) is 2.99. The summed E-state index contributed by atoms with van der Waals surface area (Å²) in [6, 6.07) is 6.74. The molecular formula is C15H18F2N2OS. The molecule has 114 valence electrons. The van der Waals surface area contributed by atoms with Crippen LogP contribution in [-0.2, 0) is 0 Å². The Kier molecular flexibility index (Phi) is 5.64. The summed E-state index contributed by atoms with van der Waals surface area (Å²) < 4.78 is 28.5. The highest BCUT2D eigenvalue weighted by molar-refractivity contribution is 7.13. The summed E-state index contributed by atoms with van der Waals surface area (Å²) in [6.45, 7) is 2.35. The normalized spacial score (nSPS) is 12.6. The third-order valence-corrected chi connectivity index (χ3v) is 3.90. The predicted molar refractivity (Wildman–Crippen MR) is 80.9 cm³/mol.